The molecule has 1 saturated heterocycles. The summed E-state index contributed by atoms with van der Waals surface area (Å²) in [5, 5.41) is 8.21. The van der Waals surface area contributed by atoms with Crippen molar-refractivity contribution in [3.8, 4) is 5.75 Å². The molecule has 1 aromatic carbocycles. The minimum absolute atomic E-state index is 0.0762. The molecular weight excluding hydrogens is 358 g/mol. The van der Waals surface area contributed by atoms with Crippen LogP contribution in [0.4, 0.5) is 16.3 Å². The molecule has 2 aliphatic heterocycles. The van der Waals surface area contributed by atoms with Gasteiger partial charge in [0.15, 0.2) is 5.65 Å². The Kier molecular flexibility index (Phi) is 4.00. The molecule has 2 aromatic heterocycles. The standard InChI is InChI=1S/C19H21N7O2/c1-24-17-15(11-22-24)18(21-12-20-17)25-5-7-26(8-6-25)19(27)23-14-2-3-16-13(10-14)4-9-28-16/h2-3,10-12H,4-9H2,1H3,(H,23,27). The third-order valence-corrected chi connectivity index (χ3v) is 5.32. The van der Waals surface area contributed by atoms with E-state index in [1.54, 1.807) is 17.2 Å². The van der Waals surface area contributed by atoms with Gasteiger partial charge in [0.2, 0.25) is 0 Å². The van der Waals surface area contributed by atoms with E-state index in [9.17, 15) is 4.79 Å². The van der Waals surface area contributed by atoms with Crippen molar-refractivity contribution < 1.29 is 9.53 Å². The van der Waals surface area contributed by atoms with Gasteiger partial charge in [0.25, 0.3) is 0 Å². The molecule has 2 amide bonds. The highest BCUT2D eigenvalue weighted by Crippen LogP contribution is 2.28. The summed E-state index contributed by atoms with van der Waals surface area (Å²) in [6.07, 6.45) is 4.25. The van der Waals surface area contributed by atoms with Gasteiger partial charge in [0, 0.05) is 45.3 Å². The normalized spacial score (nSPS) is 16.2. The van der Waals surface area contributed by atoms with Gasteiger partial charge in [-0.25, -0.2) is 14.8 Å². The average Bonchev–Trinajstić information content (AvgIpc) is 3.34. The first-order chi connectivity index (χ1) is 13.7. The minimum atomic E-state index is -0.0762. The topological polar surface area (TPSA) is 88.4 Å². The van der Waals surface area contributed by atoms with Crippen molar-refractivity contribution in [2.75, 3.05) is 43.0 Å². The largest absolute Gasteiger partial charge is 0.493 e. The van der Waals surface area contributed by atoms with Crippen LogP contribution in [0.25, 0.3) is 11.0 Å². The third-order valence-electron chi connectivity index (χ3n) is 5.32. The van der Waals surface area contributed by atoms with Crippen LogP contribution in [0, 0.1) is 0 Å². The Morgan fingerprint density at radius 2 is 2.04 bits per heavy atom. The number of piperazine rings is 1. The van der Waals surface area contributed by atoms with Gasteiger partial charge in [-0.3, -0.25) is 4.68 Å². The highest BCUT2D eigenvalue weighted by atomic mass is 16.5. The summed E-state index contributed by atoms with van der Waals surface area (Å²) in [6, 6.07) is 5.73. The summed E-state index contributed by atoms with van der Waals surface area (Å²) < 4.78 is 7.26. The quantitative estimate of drug-likeness (QED) is 0.728. The van der Waals surface area contributed by atoms with E-state index in [2.05, 4.69) is 25.3 Å². The number of fused-ring (bicyclic) bond motifs is 2. The molecule has 144 valence electrons. The molecule has 4 heterocycles. The number of amides is 2. The van der Waals surface area contributed by atoms with E-state index in [-0.39, 0.29) is 6.03 Å². The number of nitrogens with one attached hydrogen (secondary N) is 1. The van der Waals surface area contributed by atoms with Crippen LogP contribution in [0.3, 0.4) is 0 Å². The molecule has 1 fully saturated rings. The number of benzene rings is 1. The molecule has 0 bridgehead atoms. The average molecular weight is 379 g/mol. The number of carbonyl (C=O) groups is 1. The molecular formula is C19H21N7O2. The van der Waals surface area contributed by atoms with Crippen molar-refractivity contribution in [1.29, 1.82) is 0 Å². The fourth-order valence-corrected chi connectivity index (χ4v) is 3.79. The number of urea groups is 1. The predicted molar refractivity (Wildman–Crippen MR) is 105 cm³/mol. The lowest BCUT2D eigenvalue weighted by Crippen LogP contribution is -2.50. The Morgan fingerprint density at radius 1 is 1.18 bits per heavy atom. The van der Waals surface area contributed by atoms with Gasteiger partial charge in [-0.1, -0.05) is 0 Å². The minimum Gasteiger partial charge on any atom is -0.493 e. The number of aryl methyl sites for hydroxylation is 1. The second-order valence-corrected chi connectivity index (χ2v) is 7.03. The Labute approximate surface area is 161 Å². The highest BCUT2D eigenvalue weighted by Gasteiger charge is 2.24. The summed E-state index contributed by atoms with van der Waals surface area (Å²) in [5.74, 6) is 1.79. The zero-order valence-corrected chi connectivity index (χ0v) is 15.6. The van der Waals surface area contributed by atoms with Gasteiger partial charge in [0.05, 0.1) is 18.2 Å². The van der Waals surface area contributed by atoms with Gasteiger partial charge >= 0.3 is 6.03 Å². The molecule has 0 radical (unpaired) electrons. The number of hydrogen-bond donors (Lipinski definition) is 1. The van der Waals surface area contributed by atoms with Crippen molar-refractivity contribution in [3.63, 3.8) is 0 Å². The van der Waals surface area contributed by atoms with Crippen molar-refractivity contribution in [2.24, 2.45) is 7.05 Å². The van der Waals surface area contributed by atoms with E-state index in [0.29, 0.717) is 32.8 Å². The van der Waals surface area contributed by atoms with Crippen molar-refractivity contribution >= 4 is 28.6 Å². The number of aromatic nitrogens is 4. The molecule has 0 aliphatic carbocycles. The summed E-state index contributed by atoms with van der Waals surface area (Å²) in [7, 11) is 1.87. The van der Waals surface area contributed by atoms with Gasteiger partial charge < -0.3 is 19.9 Å². The molecule has 5 rings (SSSR count). The van der Waals surface area contributed by atoms with E-state index >= 15 is 0 Å². The summed E-state index contributed by atoms with van der Waals surface area (Å²) in [6.45, 7) is 3.40. The SMILES string of the molecule is Cn1ncc2c(N3CCN(C(=O)Nc4ccc5c(c4)CCO5)CC3)ncnc21. The lowest BCUT2D eigenvalue weighted by Gasteiger charge is -2.35. The van der Waals surface area contributed by atoms with Crippen LogP contribution in [0.15, 0.2) is 30.7 Å². The summed E-state index contributed by atoms with van der Waals surface area (Å²) in [5.41, 5.74) is 2.77. The van der Waals surface area contributed by atoms with E-state index < -0.39 is 0 Å². The Bertz CT molecular complexity index is 1040. The van der Waals surface area contributed by atoms with Crippen LogP contribution in [-0.2, 0) is 13.5 Å². The number of nitrogens with zero attached hydrogens (tertiary/aromatic N) is 6. The first-order valence-corrected chi connectivity index (χ1v) is 9.38. The molecule has 0 spiro atoms. The monoisotopic (exact) mass is 379 g/mol. The summed E-state index contributed by atoms with van der Waals surface area (Å²) >= 11 is 0. The van der Waals surface area contributed by atoms with E-state index in [0.717, 1.165) is 40.3 Å². The smallest absolute Gasteiger partial charge is 0.321 e. The second-order valence-electron chi connectivity index (χ2n) is 7.03. The van der Waals surface area contributed by atoms with Crippen molar-refractivity contribution in [1.82, 2.24) is 24.6 Å². The molecule has 3 aromatic rings. The molecule has 0 saturated carbocycles. The predicted octanol–water partition coefficient (Wildman–Crippen LogP) is 1.65. The lowest BCUT2D eigenvalue weighted by molar-refractivity contribution is 0.208. The maximum atomic E-state index is 12.7. The van der Waals surface area contributed by atoms with Crippen molar-refractivity contribution in [2.45, 2.75) is 6.42 Å². The van der Waals surface area contributed by atoms with Crippen LogP contribution >= 0.6 is 0 Å². The van der Waals surface area contributed by atoms with Crippen LogP contribution in [0.5, 0.6) is 5.75 Å². The zero-order valence-electron chi connectivity index (χ0n) is 15.6. The van der Waals surface area contributed by atoms with Crippen LogP contribution in [-0.4, -0.2) is 63.5 Å². The van der Waals surface area contributed by atoms with E-state index in [4.69, 9.17) is 4.74 Å². The van der Waals surface area contributed by atoms with E-state index in [1.165, 1.54) is 0 Å². The number of carbonyl (C=O) groups excluding carboxylic acids is 1. The Hall–Kier alpha value is -3.36. The summed E-state index contributed by atoms with van der Waals surface area (Å²) in [4.78, 5) is 25.4. The van der Waals surface area contributed by atoms with Crippen molar-refractivity contribution in [3.05, 3.63) is 36.3 Å². The number of ether oxygens (including phenoxy) is 1. The van der Waals surface area contributed by atoms with Gasteiger partial charge in [0.1, 0.15) is 17.9 Å². The second kappa shape index (κ2) is 6.66. The van der Waals surface area contributed by atoms with Crippen LogP contribution in [0.2, 0.25) is 0 Å². The maximum absolute atomic E-state index is 12.7. The number of anilines is 2. The third kappa shape index (κ3) is 2.88. The number of hydrogen-bond acceptors (Lipinski definition) is 6. The maximum Gasteiger partial charge on any atom is 0.321 e. The van der Waals surface area contributed by atoms with Gasteiger partial charge in [-0.05, 0) is 23.8 Å². The fraction of sp³-hybridized carbons (Fsp3) is 0.368. The van der Waals surface area contributed by atoms with Crippen LogP contribution in [0.1, 0.15) is 5.56 Å². The Morgan fingerprint density at radius 3 is 2.89 bits per heavy atom. The molecule has 9 nitrogen and oxygen atoms in total. The number of rotatable bonds is 2. The zero-order chi connectivity index (χ0) is 19.1. The van der Waals surface area contributed by atoms with Gasteiger partial charge in [-0.15, -0.1) is 0 Å². The van der Waals surface area contributed by atoms with E-state index in [1.807, 2.05) is 30.1 Å². The molecule has 0 atom stereocenters. The molecule has 9 heteroatoms. The lowest BCUT2D eigenvalue weighted by atomic mass is 10.1. The molecule has 28 heavy (non-hydrogen) atoms. The molecule has 2 aliphatic rings. The molecule has 0 unspecified atom stereocenters. The highest BCUT2D eigenvalue weighted by molar-refractivity contribution is 5.90. The first kappa shape index (κ1) is 16.8. The molecule has 1 N–H and O–H groups in total. The van der Waals surface area contributed by atoms with Crippen LogP contribution < -0.4 is 15.0 Å². The van der Waals surface area contributed by atoms with Gasteiger partial charge in [-0.2, -0.15) is 5.10 Å². The first-order valence-electron chi connectivity index (χ1n) is 9.38. The Balaban J connectivity index is 1.25. The fourth-order valence-electron chi connectivity index (χ4n) is 3.79.